The lowest BCUT2D eigenvalue weighted by molar-refractivity contribution is -0.141. The average Bonchev–Trinajstić information content (AvgIpc) is 2.70. The van der Waals surface area contributed by atoms with Gasteiger partial charge < -0.3 is 15.2 Å². The number of carbonyl (C=O) groups is 1. The SMILES string of the molecule is CC1(C(=O)NC2CCCCC2O)CCCO1. The van der Waals surface area contributed by atoms with E-state index in [9.17, 15) is 9.90 Å². The Labute approximate surface area is 96.4 Å². The summed E-state index contributed by atoms with van der Waals surface area (Å²) in [6.45, 7) is 2.50. The second kappa shape index (κ2) is 4.72. The molecule has 0 bridgehead atoms. The molecule has 4 heteroatoms. The summed E-state index contributed by atoms with van der Waals surface area (Å²) in [6, 6.07) is -0.0812. The minimum absolute atomic E-state index is 0.0593. The van der Waals surface area contributed by atoms with Crippen LogP contribution in [-0.2, 0) is 9.53 Å². The highest BCUT2D eigenvalue weighted by molar-refractivity contribution is 5.85. The fraction of sp³-hybridized carbons (Fsp3) is 0.917. The molecule has 3 unspecified atom stereocenters. The maximum Gasteiger partial charge on any atom is 0.252 e. The number of hydrogen-bond acceptors (Lipinski definition) is 3. The van der Waals surface area contributed by atoms with E-state index in [1.807, 2.05) is 6.92 Å². The smallest absolute Gasteiger partial charge is 0.252 e. The summed E-state index contributed by atoms with van der Waals surface area (Å²) >= 11 is 0. The van der Waals surface area contributed by atoms with Crippen molar-refractivity contribution in [1.82, 2.24) is 5.32 Å². The molecule has 1 aliphatic heterocycles. The van der Waals surface area contributed by atoms with Crippen LogP contribution in [0.4, 0.5) is 0 Å². The minimum atomic E-state index is -0.669. The predicted octanol–water partition coefficient (Wildman–Crippen LogP) is 0.975. The monoisotopic (exact) mass is 227 g/mol. The lowest BCUT2D eigenvalue weighted by Gasteiger charge is -2.31. The van der Waals surface area contributed by atoms with E-state index >= 15 is 0 Å². The highest BCUT2D eigenvalue weighted by Gasteiger charge is 2.39. The quantitative estimate of drug-likeness (QED) is 0.739. The van der Waals surface area contributed by atoms with Crippen LogP contribution in [0.1, 0.15) is 45.4 Å². The van der Waals surface area contributed by atoms with Crippen LogP contribution >= 0.6 is 0 Å². The molecule has 2 fully saturated rings. The van der Waals surface area contributed by atoms with Crippen LogP contribution < -0.4 is 5.32 Å². The van der Waals surface area contributed by atoms with E-state index in [2.05, 4.69) is 5.32 Å². The first-order valence-corrected chi connectivity index (χ1v) is 6.25. The van der Waals surface area contributed by atoms with Gasteiger partial charge in [0.05, 0.1) is 12.1 Å². The Balaban J connectivity index is 1.90. The molecule has 0 aromatic carbocycles. The molecule has 3 atom stereocenters. The third-order valence-electron chi connectivity index (χ3n) is 3.75. The summed E-state index contributed by atoms with van der Waals surface area (Å²) in [6.07, 6.45) is 5.15. The molecule has 92 valence electrons. The van der Waals surface area contributed by atoms with Gasteiger partial charge in [0.15, 0.2) is 0 Å². The highest BCUT2D eigenvalue weighted by Crippen LogP contribution is 2.26. The summed E-state index contributed by atoms with van der Waals surface area (Å²) in [7, 11) is 0. The van der Waals surface area contributed by atoms with Gasteiger partial charge in [0.1, 0.15) is 5.60 Å². The van der Waals surface area contributed by atoms with Crippen molar-refractivity contribution >= 4 is 5.91 Å². The molecule has 0 radical (unpaired) electrons. The van der Waals surface area contributed by atoms with Crippen molar-refractivity contribution in [3.63, 3.8) is 0 Å². The minimum Gasteiger partial charge on any atom is -0.391 e. The Morgan fingerprint density at radius 1 is 1.38 bits per heavy atom. The van der Waals surface area contributed by atoms with Crippen molar-refractivity contribution in [3.05, 3.63) is 0 Å². The van der Waals surface area contributed by atoms with Gasteiger partial charge in [-0.1, -0.05) is 12.8 Å². The van der Waals surface area contributed by atoms with E-state index in [1.54, 1.807) is 0 Å². The number of aliphatic hydroxyl groups is 1. The van der Waals surface area contributed by atoms with E-state index in [-0.39, 0.29) is 18.1 Å². The maximum absolute atomic E-state index is 12.0. The third-order valence-corrected chi connectivity index (χ3v) is 3.75. The number of nitrogens with one attached hydrogen (secondary N) is 1. The van der Waals surface area contributed by atoms with Crippen LogP contribution in [-0.4, -0.2) is 35.4 Å². The molecule has 2 N–H and O–H groups in total. The Morgan fingerprint density at radius 2 is 2.12 bits per heavy atom. The van der Waals surface area contributed by atoms with Crippen molar-refractivity contribution in [1.29, 1.82) is 0 Å². The van der Waals surface area contributed by atoms with Crippen molar-refractivity contribution < 1.29 is 14.6 Å². The predicted molar refractivity (Wildman–Crippen MR) is 60.0 cm³/mol. The van der Waals surface area contributed by atoms with Gasteiger partial charge in [0.25, 0.3) is 5.91 Å². The van der Waals surface area contributed by atoms with Crippen molar-refractivity contribution in [2.75, 3.05) is 6.61 Å². The Hall–Kier alpha value is -0.610. The summed E-state index contributed by atoms with van der Waals surface area (Å²) in [5.41, 5.74) is -0.669. The average molecular weight is 227 g/mol. The molecule has 1 amide bonds. The summed E-state index contributed by atoms with van der Waals surface area (Å²) in [5.74, 6) is -0.0593. The van der Waals surface area contributed by atoms with Crippen LogP contribution in [0.5, 0.6) is 0 Å². The first-order chi connectivity index (χ1) is 7.62. The summed E-state index contributed by atoms with van der Waals surface area (Å²) in [4.78, 5) is 12.0. The van der Waals surface area contributed by atoms with Crippen LogP contribution in [0.15, 0.2) is 0 Å². The number of hydrogen-bond donors (Lipinski definition) is 2. The zero-order chi connectivity index (χ0) is 11.6. The molecule has 2 rings (SSSR count). The zero-order valence-corrected chi connectivity index (χ0v) is 9.87. The standard InChI is InChI=1S/C12H21NO3/c1-12(7-4-8-16-12)11(15)13-9-5-2-3-6-10(9)14/h9-10,14H,2-8H2,1H3,(H,13,15). The van der Waals surface area contributed by atoms with Crippen LogP contribution in [0.2, 0.25) is 0 Å². The molecule has 1 saturated heterocycles. The van der Waals surface area contributed by atoms with Crippen molar-refractivity contribution in [2.45, 2.75) is 63.2 Å². The lowest BCUT2D eigenvalue weighted by Crippen LogP contribution is -2.52. The lowest BCUT2D eigenvalue weighted by atomic mass is 9.91. The number of aliphatic hydroxyl groups excluding tert-OH is 1. The molecule has 0 aromatic heterocycles. The van der Waals surface area contributed by atoms with Crippen LogP contribution in [0.25, 0.3) is 0 Å². The largest absolute Gasteiger partial charge is 0.391 e. The molecular formula is C12H21NO3. The topological polar surface area (TPSA) is 58.6 Å². The van der Waals surface area contributed by atoms with E-state index in [4.69, 9.17) is 4.74 Å². The van der Waals surface area contributed by atoms with Gasteiger partial charge in [-0.2, -0.15) is 0 Å². The second-order valence-electron chi connectivity index (χ2n) is 5.11. The second-order valence-corrected chi connectivity index (χ2v) is 5.11. The zero-order valence-electron chi connectivity index (χ0n) is 9.87. The van der Waals surface area contributed by atoms with Gasteiger partial charge in [-0.3, -0.25) is 4.79 Å². The van der Waals surface area contributed by atoms with Crippen LogP contribution in [0.3, 0.4) is 0 Å². The van der Waals surface area contributed by atoms with E-state index in [0.29, 0.717) is 6.61 Å². The molecule has 1 aliphatic carbocycles. The third kappa shape index (κ3) is 2.38. The molecule has 16 heavy (non-hydrogen) atoms. The van der Waals surface area contributed by atoms with E-state index in [1.165, 1.54) is 0 Å². The Morgan fingerprint density at radius 3 is 2.75 bits per heavy atom. The normalized spacial score (nSPS) is 39.6. The van der Waals surface area contributed by atoms with E-state index < -0.39 is 5.60 Å². The molecule has 1 heterocycles. The molecule has 2 aliphatic rings. The number of carbonyl (C=O) groups excluding carboxylic acids is 1. The molecule has 0 aromatic rings. The number of amides is 1. The van der Waals surface area contributed by atoms with Gasteiger partial charge >= 0.3 is 0 Å². The Kier molecular flexibility index (Phi) is 3.50. The fourth-order valence-corrected chi connectivity index (χ4v) is 2.56. The first-order valence-electron chi connectivity index (χ1n) is 6.25. The van der Waals surface area contributed by atoms with Gasteiger partial charge in [0.2, 0.25) is 0 Å². The van der Waals surface area contributed by atoms with E-state index in [0.717, 1.165) is 38.5 Å². The van der Waals surface area contributed by atoms with Gasteiger partial charge in [0, 0.05) is 6.61 Å². The Bertz CT molecular complexity index is 261. The van der Waals surface area contributed by atoms with Gasteiger partial charge in [-0.25, -0.2) is 0 Å². The van der Waals surface area contributed by atoms with Crippen molar-refractivity contribution in [3.8, 4) is 0 Å². The van der Waals surface area contributed by atoms with Crippen LogP contribution in [0, 0.1) is 0 Å². The summed E-state index contributed by atoms with van der Waals surface area (Å²) < 4.78 is 5.49. The van der Waals surface area contributed by atoms with Crippen molar-refractivity contribution in [2.24, 2.45) is 0 Å². The molecular weight excluding hydrogens is 206 g/mol. The highest BCUT2D eigenvalue weighted by atomic mass is 16.5. The first kappa shape index (κ1) is 11.9. The van der Waals surface area contributed by atoms with Gasteiger partial charge in [-0.15, -0.1) is 0 Å². The fourth-order valence-electron chi connectivity index (χ4n) is 2.56. The summed E-state index contributed by atoms with van der Waals surface area (Å²) in [5, 5.41) is 12.7. The number of rotatable bonds is 2. The molecule has 0 spiro atoms. The number of ether oxygens (including phenoxy) is 1. The van der Waals surface area contributed by atoms with Gasteiger partial charge in [-0.05, 0) is 32.6 Å². The maximum atomic E-state index is 12.0. The molecule has 4 nitrogen and oxygen atoms in total. The molecule has 1 saturated carbocycles.